The average molecular weight is 330 g/mol. The maximum atomic E-state index is 12.8. The van der Waals surface area contributed by atoms with E-state index >= 15 is 0 Å². The molecule has 2 heterocycles. The van der Waals surface area contributed by atoms with Gasteiger partial charge in [-0.3, -0.25) is 4.79 Å². The summed E-state index contributed by atoms with van der Waals surface area (Å²) in [6.45, 7) is 4.24. The summed E-state index contributed by atoms with van der Waals surface area (Å²) in [4.78, 5) is 14.5. The first-order valence-corrected chi connectivity index (χ1v) is 8.09. The third kappa shape index (κ3) is 3.14. The third-order valence-corrected chi connectivity index (χ3v) is 4.33. The molecule has 6 nitrogen and oxygen atoms in total. The molecular formula is C18H22N2O4. The van der Waals surface area contributed by atoms with Crippen molar-refractivity contribution in [3.8, 4) is 5.75 Å². The second-order valence-corrected chi connectivity index (χ2v) is 6.41. The molecule has 0 radical (unpaired) electrons. The van der Waals surface area contributed by atoms with Crippen molar-refractivity contribution in [2.24, 2.45) is 0 Å². The molecule has 2 atom stereocenters. The van der Waals surface area contributed by atoms with Crippen LogP contribution in [0.25, 0.3) is 0 Å². The lowest BCUT2D eigenvalue weighted by atomic mass is 10.0. The summed E-state index contributed by atoms with van der Waals surface area (Å²) < 4.78 is 10.5. The van der Waals surface area contributed by atoms with Crippen molar-refractivity contribution in [2.75, 3.05) is 13.7 Å². The van der Waals surface area contributed by atoms with E-state index in [9.17, 15) is 9.90 Å². The number of likely N-dealkylation sites (tertiary alicyclic amines) is 1. The fourth-order valence-electron chi connectivity index (χ4n) is 3.01. The highest BCUT2D eigenvalue weighted by Gasteiger charge is 2.37. The van der Waals surface area contributed by atoms with Crippen LogP contribution in [-0.2, 0) is 0 Å². The number of nitrogens with zero attached hydrogens (tertiary/aromatic N) is 2. The number of aromatic nitrogens is 1. The van der Waals surface area contributed by atoms with Gasteiger partial charge in [0, 0.05) is 18.5 Å². The Hall–Kier alpha value is -2.34. The molecule has 1 aliphatic heterocycles. The van der Waals surface area contributed by atoms with E-state index < -0.39 is 6.10 Å². The van der Waals surface area contributed by atoms with Crippen LogP contribution >= 0.6 is 0 Å². The van der Waals surface area contributed by atoms with Crippen molar-refractivity contribution in [2.45, 2.75) is 38.3 Å². The fraction of sp³-hybridized carbons (Fsp3) is 0.444. The maximum absolute atomic E-state index is 12.8. The summed E-state index contributed by atoms with van der Waals surface area (Å²) >= 11 is 0. The number of carbonyl (C=O) groups is 1. The highest BCUT2D eigenvalue weighted by atomic mass is 16.5. The molecule has 1 amide bonds. The van der Waals surface area contributed by atoms with Gasteiger partial charge >= 0.3 is 0 Å². The Labute approximate surface area is 141 Å². The monoisotopic (exact) mass is 330 g/mol. The molecule has 0 saturated carbocycles. The summed E-state index contributed by atoms with van der Waals surface area (Å²) in [7, 11) is 1.61. The van der Waals surface area contributed by atoms with E-state index in [0.29, 0.717) is 12.2 Å². The van der Waals surface area contributed by atoms with Crippen LogP contribution in [0.5, 0.6) is 5.75 Å². The molecule has 1 N–H and O–H groups in total. The smallest absolute Gasteiger partial charge is 0.276 e. The number of methoxy groups -OCH3 is 1. The number of benzene rings is 1. The summed E-state index contributed by atoms with van der Waals surface area (Å²) in [5.41, 5.74) is 1.22. The van der Waals surface area contributed by atoms with Gasteiger partial charge in [0.1, 0.15) is 11.5 Å². The van der Waals surface area contributed by atoms with Crippen molar-refractivity contribution in [1.29, 1.82) is 0 Å². The molecule has 1 aliphatic rings. The summed E-state index contributed by atoms with van der Waals surface area (Å²) in [5, 5.41) is 14.0. The first-order valence-electron chi connectivity index (χ1n) is 8.09. The standard InChI is InChI=1S/C18H22N2O4/c1-11(2)17-9-15(19-24-17)18(22)20-10-13(21)8-16(20)12-5-4-6-14(7-12)23-3/h4-7,9,11,13,16,21H,8,10H2,1-3H3. The van der Waals surface area contributed by atoms with Gasteiger partial charge in [-0.05, 0) is 24.1 Å². The zero-order valence-electron chi connectivity index (χ0n) is 14.1. The zero-order chi connectivity index (χ0) is 17.3. The van der Waals surface area contributed by atoms with Gasteiger partial charge in [0.15, 0.2) is 5.69 Å². The van der Waals surface area contributed by atoms with E-state index in [1.54, 1.807) is 18.1 Å². The first kappa shape index (κ1) is 16.5. The summed E-state index contributed by atoms with van der Waals surface area (Å²) in [6.07, 6.45) is -0.0602. The van der Waals surface area contributed by atoms with Gasteiger partial charge in [0.05, 0.1) is 19.3 Å². The Morgan fingerprint density at radius 1 is 1.42 bits per heavy atom. The van der Waals surface area contributed by atoms with E-state index in [1.807, 2.05) is 38.1 Å². The fourth-order valence-corrected chi connectivity index (χ4v) is 3.01. The lowest BCUT2D eigenvalue weighted by Gasteiger charge is -2.24. The van der Waals surface area contributed by atoms with Crippen molar-refractivity contribution < 1.29 is 19.2 Å². The molecule has 1 aromatic carbocycles. The first-order chi connectivity index (χ1) is 11.5. The van der Waals surface area contributed by atoms with Crippen LogP contribution in [0, 0.1) is 0 Å². The van der Waals surface area contributed by atoms with E-state index in [2.05, 4.69) is 5.16 Å². The van der Waals surface area contributed by atoms with Crippen molar-refractivity contribution in [3.63, 3.8) is 0 Å². The Morgan fingerprint density at radius 3 is 2.88 bits per heavy atom. The van der Waals surface area contributed by atoms with Crippen LogP contribution in [0.3, 0.4) is 0 Å². The molecule has 1 fully saturated rings. The van der Waals surface area contributed by atoms with Gasteiger partial charge in [0.2, 0.25) is 0 Å². The summed E-state index contributed by atoms with van der Waals surface area (Å²) in [6, 6.07) is 9.04. The average Bonchev–Trinajstić information content (AvgIpc) is 3.21. The number of aliphatic hydroxyl groups is 1. The van der Waals surface area contributed by atoms with E-state index in [4.69, 9.17) is 9.26 Å². The molecule has 3 rings (SSSR count). The Kier molecular flexibility index (Phi) is 4.57. The minimum atomic E-state index is -0.554. The van der Waals surface area contributed by atoms with Crippen LogP contribution in [0.15, 0.2) is 34.9 Å². The Morgan fingerprint density at radius 2 is 2.21 bits per heavy atom. The number of hydrogen-bond donors (Lipinski definition) is 1. The number of ether oxygens (including phenoxy) is 1. The molecule has 0 spiro atoms. The molecule has 128 valence electrons. The topological polar surface area (TPSA) is 75.8 Å². The number of amides is 1. The SMILES string of the molecule is COc1cccc(C2CC(O)CN2C(=O)c2cc(C(C)C)on2)c1. The minimum Gasteiger partial charge on any atom is -0.497 e. The van der Waals surface area contributed by atoms with Gasteiger partial charge in [-0.1, -0.05) is 31.1 Å². The van der Waals surface area contributed by atoms with Crippen LogP contribution in [-0.4, -0.2) is 40.8 Å². The number of aliphatic hydroxyl groups excluding tert-OH is 1. The number of hydrogen-bond acceptors (Lipinski definition) is 5. The quantitative estimate of drug-likeness (QED) is 0.933. The van der Waals surface area contributed by atoms with Gasteiger partial charge in [0.25, 0.3) is 5.91 Å². The lowest BCUT2D eigenvalue weighted by Crippen LogP contribution is -2.32. The normalized spacial score (nSPS) is 20.6. The molecule has 0 aliphatic carbocycles. The number of β-amino-alcohol motifs (C(OH)–C–C–N with tert-alkyl or cyclic N) is 1. The molecule has 24 heavy (non-hydrogen) atoms. The van der Waals surface area contributed by atoms with Crippen LogP contribution in [0.1, 0.15) is 54.0 Å². The highest BCUT2D eigenvalue weighted by molar-refractivity contribution is 5.92. The van der Waals surface area contributed by atoms with E-state index in [1.165, 1.54) is 0 Å². The van der Waals surface area contributed by atoms with Crippen molar-refractivity contribution in [1.82, 2.24) is 10.1 Å². The number of carbonyl (C=O) groups excluding carboxylic acids is 1. The molecule has 6 heteroatoms. The minimum absolute atomic E-state index is 0.164. The van der Waals surface area contributed by atoms with Gasteiger partial charge in [-0.2, -0.15) is 0 Å². The van der Waals surface area contributed by atoms with E-state index in [-0.39, 0.29) is 30.1 Å². The van der Waals surface area contributed by atoms with Crippen molar-refractivity contribution in [3.05, 3.63) is 47.3 Å². The third-order valence-electron chi connectivity index (χ3n) is 4.33. The Balaban J connectivity index is 1.87. The van der Waals surface area contributed by atoms with Crippen molar-refractivity contribution >= 4 is 5.91 Å². The predicted molar refractivity (Wildman–Crippen MR) is 88.0 cm³/mol. The van der Waals surface area contributed by atoms with Crippen LogP contribution in [0.2, 0.25) is 0 Å². The van der Waals surface area contributed by atoms with E-state index in [0.717, 1.165) is 11.3 Å². The van der Waals surface area contributed by atoms with Crippen LogP contribution < -0.4 is 4.74 Å². The Bertz CT molecular complexity index is 725. The second kappa shape index (κ2) is 6.65. The molecule has 1 aromatic heterocycles. The summed E-state index contributed by atoms with van der Waals surface area (Å²) in [5.74, 6) is 1.34. The molecule has 0 bridgehead atoms. The largest absolute Gasteiger partial charge is 0.497 e. The maximum Gasteiger partial charge on any atom is 0.276 e. The lowest BCUT2D eigenvalue weighted by molar-refractivity contribution is 0.0705. The molecule has 2 unspecified atom stereocenters. The highest BCUT2D eigenvalue weighted by Crippen LogP contribution is 2.34. The molecule has 1 saturated heterocycles. The molecule has 2 aromatic rings. The number of rotatable bonds is 4. The predicted octanol–water partition coefficient (Wildman–Crippen LogP) is 2.75. The van der Waals surface area contributed by atoms with Gasteiger partial charge in [-0.15, -0.1) is 0 Å². The zero-order valence-corrected chi connectivity index (χ0v) is 14.1. The molecular weight excluding hydrogens is 308 g/mol. The van der Waals surface area contributed by atoms with Gasteiger partial charge in [-0.25, -0.2) is 0 Å². The van der Waals surface area contributed by atoms with Crippen LogP contribution in [0.4, 0.5) is 0 Å². The second-order valence-electron chi connectivity index (χ2n) is 6.41. The van der Waals surface area contributed by atoms with Gasteiger partial charge < -0.3 is 19.3 Å².